The minimum atomic E-state index is -5.09. The molecule has 4 aromatic carbocycles. The van der Waals surface area contributed by atoms with Gasteiger partial charge in [0.15, 0.2) is 0 Å². The summed E-state index contributed by atoms with van der Waals surface area (Å²) in [6, 6.07) is 14.2. The number of benzene rings is 4. The number of hydrogen-bond donors (Lipinski definition) is 2. The van der Waals surface area contributed by atoms with Gasteiger partial charge in [-0.05, 0) is 117 Å². The Labute approximate surface area is 299 Å². The second-order valence-electron chi connectivity index (χ2n) is 7.51. The first-order valence-corrected chi connectivity index (χ1v) is 15.1. The molecule has 0 saturated heterocycles. The Morgan fingerprint density at radius 2 is 0.925 bits per heavy atom. The summed E-state index contributed by atoms with van der Waals surface area (Å²) < 4.78 is 69.4. The van der Waals surface area contributed by atoms with E-state index in [2.05, 4.69) is 20.5 Å². The molecule has 0 saturated carbocycles. The van der Waals surface area contributed by atoms with E-state index in [0.29, 0.717) is 12.1 Å². The van der Waals surface area contributed by atoms with Crippen molar-refractivity contribution in [3.63, 3.8) is 0 Å². The average Bonchev–Trinajstić information content (AvgIpc) is 2.83. The van der Waals surface area contributed by atoms with Gasteiger partial charge < -0.3 is 10.2 Å². The zero-order chi connectivity index (χ0) is 27.8. The van der Waals surface area contributed by atoms with Gasteiger partial charge in [0.1, 0.15) is 9.79 Å². The summed E-state index contributed by atoms with van der Waals surface area (Å²) in [5.74, 6) is -2.52. The van der Waals surface area contributed by atoms with Crippen molar-refractivity contribution in [3.8, 4) is 11.5 Å². The van der Waals surface area contributed by atoms with Crippen LogP contribution in [0, 0.1) is 7.14 Å². The molecule has 0 aliphatic rings. The Hall–Kier alpha value is -0.780. The summed E-state index contributed by atoms with van der Waals surface area (Å²) in [6.07, 6.45) is 0. The predicted molar refractivity (Wildman–Crippen MR) is 149 cm³/mol. The number of hydrogen-bond acceptors (Lipinski definition) is 10. The monoisotopic (exact) mass is 824 g/mol. The van der Waals surface area contributed by atoms with Crippen molar-refractivity contribution in [2.75, 3.05) is 0 Å². The Kier molecular flexibility index (Phi) is 12.5. The molecule has 12 nitrogen and oxygen atoms in total. The van der Waals surface area contributed by atoms with Crippen molar-refractivity contribution in [3.05, 3.63) is 67.8 Å². The summed E-state index contributed by atoms with van der Waals surface area (Å²) in [7, 11) is -10.2. The molecule has 0 aromatic heterocycles. The fourth-order valence-electron chi connectivity index (χ4n) is 3.24. The Morgan fingerprint density at radius 3 is 1.23 bits per heavy atom. The Morgan fingerprint density at radius 1 is 0.600 bits per heavy atom. The molecule has 0 heterocycles. The maximum atomic E-state index is 13.3. The molecule has 0 aliphatic heterocycles. The van der Waals surface area contributed by atoms with Crippen LogP contribution in [0.4, 0.5) is 22.7 Å². The molecule has 2 N–H and O–H groups in total. The standard InChI is InChI=1S/C22H14I2N4O8S2.2Na/c23-12-1-5-14(6-2-12)25-27-19-16(37(31,32)33)9-11-10-17(38(34,35)36)20(22(30)18(11)21(19)29)28-26-15-7-3-13(24)4-8-15;;/h1-10,29-30H,(H,31,32,33)(H,34,35,36);;/q;2*+1/p-2. The van der Waals surface area contributed by atoms with Gasteiger partial charge in [0, 0.05) is 7.14 Å². The van der Waals surface area contributed by atoms with E-state index < -0.39 is 63.7 Å². The van der Waals surface area contributed by atoms with E-state index in [4.69, 9.17) is 0 Å². The Bertz CT molecular complexity index is 1720. The molecule has 0 unspecified atom stereocenters. The minimum absolute atomic E-state index is 0. The van der Waals surface area contributed by atoms with E-state index >= 15 is 0 Å². The smallest absolute Gasteiger partial charge is 0.871 e. The molecule has 0 fully saturated rings. The van der Waals surface area contributed by atoms with Crippen LogP contribution >= 0.6 is 45.2 Å². The Balaban J connectivity index is 0.00000280. The number of halogens is 2. The first kappa shape index (κ1) is 35.4. The van der Waals surface area contributed by atoms with Gasteiger partial charge in [-0.15, -0.1) is 10.2 Å². The topological polar surface area (TPSA) is 204 Å². The summed E-state index contributed by atoms with van der Waals surface area (Å²) >= 11 is 4.09. The molecule has 0 bridgehead atoms. The fourth-order valence-corrected chi connectivity index (χ4v) is 5.27. The first-order valence-electron chi connectivity index (χ1n) is 10.1. The third-order valence-electron chi connectivity index (χ3n) is 4.95. The van der Waals surface area contributed by atoms with Crippen LogP contribution in [0.2, 0.25) is 0 Å². The van der Waals surface area contributed by atoms with Crippen molar-refractivity contribution >= 4 is 98.9 Å². The molecule has 0 aliphatic carbocycles. The van der Waals surface area contributed by atoms with Crippen LogP contribution in [0.3, 0.4) is 0 Å². The molecule has 0 radical (unpaired) electrons. The van der Waals surface area contributed by atoms with E-state index in [1.165, 1.54) is 24.3 Å². The maximum absolute atomic E-state index is 13.3. The van der Waals surface area contributed by atoms with E-state index in [1.807, 2.05) is 45.2 Å². The van der Waals surface area contributed by atoms with E-state index in [1.54, 1.807) is 24.3 Å². The fraction of sp³-hybridized carbons (Fsp3) is 0. The summed E-state index contributed by atoms with van der Waals surface area (Å²) in [5, 5.41) is 40.4. The minimum Gasteiger partial charge on any atom is -0.871 e. The zero-order valence-corrected chi connectivity index (χ0v) is 30.4. The van der Waals surface area contributed by atoms with Gasteiger partial charge in [-0.25, -0.2) is 0 Å². The number of azo groups is 2. The SMILES string of the molecule is O=S(=O)(O)c1cc2cc(S(=O)(=O)O)c(N=Nc3ccc(I)cc3)c([O-])c2c([O-])c1N=Nc1ccc(I)cc1.[Na+].[Na+]. The molecular formula is C22H12I2N4Na2O8S2. The van der Waals surface area contributed by atoms with Crippen LogP contribution in [0.15, 0.2) is 90.9 Å². The van der Waals surface area contributed by atoms with E-state index in [0.717, 1.165) is 7.14 Å². The van der Waals surface area contributed by atoms with Gasteiger partial charge in [-0.3, -0.25) is 9.11 Å². The second-order valence-corrected chi connectivity index (χ2v) is 12.8. The van der Waals surface area contributed by atoms with E-state index in [9.17, 15) is 36.2 Å². The predicted octanol–water partition coefficient (Wildman–Crippen LogP) is -0.472. The van der Waals surface area contributed by atoms with Gasteiger partial charge in [-0.2, -0.15) is 27.1 Å². The normalized spacial score (nSPS) is 12.0. The van der Waals surface area contributed by atoms with Crippen LogP contribution < -0.4 is 69.3 Å². The summed E-state index contributed by atoms with van der Waals surface area (Å²) in [5.41, 5.74) is -1.28. The van der Waals surface area contributed by atoms with Crippen LogP contribution in [0.5, 0.6) is 11.5 Å². The van der Waals surface area contributed by atoms with Crippen molar-refractivity contribution in [1.29, 1.82) is 0 Å². The molecule has 4 aromatic rings. The molecule has 40 heavy (non-hydrogen) atoms. The molecule has 0 amide bonds. The second kappa shape index (κ2) is 14.1. The molecular weight excluding hydrogens is 812 g/mol. The van der Waals surface area contributed by atoms with Gasteiger partial charge in [-0.1, -0.05) is 11.5 Å². The summed E-state index contributed by atoms with van der Waals surface area (Å²) in [6.45, 7) is 0. The van der Waals surface area contributed by atoms with Crippen LogP contribution in [-0.4, -0.2) is 25.9 Å². The number of rotatable bonds is 6. The molecule has 0 atom stereocenters. The van der Waals surface area contributed by atoms with Crippen LogP contribution in [-0.2, 0) is 20.2 Å². The molecule has 196 valence electrons. The van der Waals surface area contributed by atoms with Crippen molar-refractivity contribution in [2.24, 2.45) is 20.5 Å². The molecule has 0 spiro atoms. The van der Waals surface area contributed by atoms with Crippen molar-refractivity contribution in [1.82, 2.24) is 0 Å². The number of nitrogens with zero attached hydrogens (tertiary/aromatic N) is 4. The quantitative estimate of drug-likeness (QED) is 0.112. The van der Waals surface area contributed by atoms with Gasteiger partial charge >= 0.3 is 59.1 Å². The molecule has 18 heteroatoms. The average molecular weight is 824 g/mol. The van der Waals surface area contributed by atoms with Crippen LogP contribution in [0.25, 0.3) is 10.8 Å². The summed E-state index contributed by atoms with van der Waals surface area (Å²) in [4.78, 5) is -2.03. The number of fused-ring (bicyclic) bond motifs is 1. The van der Waals surface area contributed by atoms with Crippen molar-refractivity contribution < 1.29 is 95.3 Å². The van der Waals surface area contributed by atoms with Gasteiger partial charge in [0.25, 0.3) is 20.2 Å². The maximum Gasteiger partial charge on any atom is 1.00 e. The third kappa shape index (κ3) is 8.19. The molecule has 4 rings (SSSR count). The van der Waals surface area contributed by atoms with Gasteiger partial charge in [0.2, 0.25) is 0 Å². The first-order chi connectivity index (χ1) is 17.8. The zero-order valence-electron chi connectivity index (χ0n) is 20.5. The van der Waals surface area contributed by atoms with Crippen LogP contribution in [0.1, 0.15) is 0 Å². The van der Waals surface area contributed by atoms with E-state index in [-0.39, 0.29) is 70.5 Å². The van der Waals surface area contributed by atoms with Crippen molar-refractivity contribution in [2.45, 2.75) is 9.79 Å². The van der Waals surface area contributed by atoms with Gasteiger partial charge in [0.05, 0.1) is 22.7 Å². The largest absolute Gasteiger partial charge is 1.00 e. The third-order valence-corrected chi connectivity index (χ3v) is 8.13.